The van der Waals surface area contributed by atoms with Crippen LogP contribution in [0, 0.1) is 10.1 Å². The van der Waals surface area contributed by atoms with Gasteiger partial charge in [0.25, 0.3) is 5.69 Å². The van der Waals surface area contributed by atoms with Crippen molar-refractivity contribution in [1.29, 1.82) is 0 Å². The fourth-order valence-electron chi connectivity index (χ4n) is 4.53. The molecule has 2 aliphatic rings. The summed E-state index contributed by atoms with van der Waals surface area (Å²) >= 11 is 5.73. The highest BCUT2D eigenvalue weighted by Crippen LogP contribution is 2.41. The van der Waals surface area contributed by atoms with Gasteiger partial charge >= 0.3 is 0 Å². The second-order valence-corrected chi connectivity index (χ2v) is 8.64. The Kier molecular flexibility index (Phi) is 6.52. The summed E-state index contributed by atoms with van der Waals surface area (Å²) in [6.45, 7) is 4.81. The number of rotatable bonds is 7. The number of para-hydroxylation sites is 1. The number of morpholine rings is 1. The number of pyridine rings is 1. The van der Waals surface area contributed by atoms with Crippen molar-refractivity contribution in [2.75, 3.05) is 39.4 Å². The number of thiocarbonyl (C=S) groups is 1. The first-order valence-electron chi connectivity index (χ1n) is 11.2. The van der Waals surface area contributed by atoms with Crippen LogP contribution >= 0.6 is 12.2 Å². The maximum atomic E-state index is 11.5. The third-order valence-electron chi connectivity index (χ3n) is 6.24. The Hall–Kier alpha value is -3.34. The van der Waals surface area contributed by atoms with Crippen molar-refractivity contribution < 1.29 is 14.1 Å². The Morgan fingerprint density at radius 3 is 2.65 bits per heavy atom. The highest BCUT2D eigenvalue weighted by Gasteiger charge is 2.41. The van der Waals surface area contributed by atoms with Crippen LogP contribution in [0.25, 0.3) is 11.3 Å². The average Bonchev–Trinajstić information content (AvgIpc) is 3.48. The van der Waals surface area contributed by atoms with Crippen LogP contribution in [0.1, 0.15) is 23.5 Å². The molecule has 5 rings (SSSR count). The van der Waals surface area contributed by atoms with Gasteiger partial charge in [0, 0.05) is 38.4 Å². The fraction of sp³-hybridized carbons (Fsp3) is 0.333. The molecule has 1 aromatic carbocycles. The van der Waals surface area contributed by atoms with Gasteiger partial charge in [0.05, 0.1) is 35.4 Å². The summed E-state index contributed by atoms with van der Waals surface area (Å²) in [5, 5.41) is 15.6. The minimum absolute atomic E-state index is 0.00826. The molecule has 0 amide bonds. The van der Waals surface area contributed by atoms with Crippen LogP contribution in [0.5, 0.6) is 0 Å². The van der Waals surface area contributed by atoms with E-state index in [9.17, 15) is 10.1 Å². The molecule has 9 nitrogen and oxygen atoms in total. The number of nitrogens with zero attached hydrogens (tertiary/aromatic N) is 4. The van der Waals surface area contributed by atoms with Gasteiger partial charge in [0.1, 0.15) is 17.6 Å². The van der Waals surface area contributed by atoms with Crippen molar-refractivity contribution in [3.63, 3.8) is 0 Å². The van der Waals surface area contributed by atoms with E-state index in [1.807, 2.05) is 24.3 Å². The lowest BCUT2D eigenvalue weighted by Gasteiger charge is -2.31. The SMILES string of the molecule is O=[N+]([O-])c1ccccc1-c1ccc([C@H]2[C@H](c3ccccn3)NC(=S)N2CCN2CCOCC2)o1. The Labute approximate surface area is 202 Å². The molecule has 0 radical (unpaired) electrons. The molecule has 34 heavy (non-hydrogen) atoms. The molecule has 10 heteroatoms. The van der Waals surface area contributed by atoms with Gasteiger partial charge in [-0.25, -0.2) is 0 Å². The van der Waals surface area contributed by atoms with Crippen molar-refractivity contribution >= 4 is 23.0 Å². The number of hydrogen-bond donors (Lipinski definition) is 1. The van der Waals surface area contributed by atoms with Gasteiger partial charge < -0.3 is 19.4 Å². The van der Waals surface area contributed by atoms with E-state index in [1.54, 1.807) is 30.5 Å². The van der Waals surface area contributed by atoms with Crippen LogP contribution in [-0.4, -0.2) is 64.2 Å². The van der Waals surface area contributed by atoms with Gasteiger partial charge in [0.2, 0.25) is 0 Å². The number of nitro benzene ring substituents is 1. The number of nitrogens with one attached hydrogen (secondary N) is 1. The Morgan fingerprint density at radius 2 is 1.88 bits per heavy atom. The summed E-state index contributed by atoms with van der Waals surface area (Å²) < 4.78 is 11.7. The smallest absolute Gasteiger partial charge is 0.280 e. The molecule has 2 aliphatic heterocycles. The van der Waals surface area contributed by atoms with Crippen LogP contribution < -0.4 is 5.32 Å². The van der Waals surface area contributed by atoms with Crippen LogP contribution in [0.4, 0.5) is 5.69 Å². The molecule has 0 saturated carbocycles. The number of ether oxygens (including phenoxy) is 1. The third kappa shape index (κ3) is 4.52. The molecular formula is C24H25N5O4S. The largest absolute Gasteiger partial charge is 0.459 e. The lowest BCUT2D eigenvalue weighted by Crippen LogP contribution is -2.42. The van der Waals surface area contributed by atoms with Crippen molar-refractivity contribution in [3.8, 4) is 11.3 Å². The molecule has 3 aromatic rings. The summed E-state index contributed by atoms with van der Waals surface area (Å²) in [6, 6.07) is 15.6. The molecule has 0 bridgehead atoms. The first-order valence-corrected chi connectivity index (χ1v) is 11.6. The summed E-state index contributed by atoms with van der Waals surface area (Å²) in [4.78, 5) is 20.2. The number of benzene rings is 1. The van der Waals surface area contributed by atoms with Crippen LogP contribution in [0.2, 0.25) is 0 Å². The van der Waals surface area contributed by atoms with Crippen LogP contribution in [0.15, 0.2) is 65.2 Å². The van der Waals surface area contributed by atoms with E-state index in [2.05, 4.69) is 20.1 Å². The quantitative estimate of drug-likeness (QED) is 0.310. The molecule has 0 spiro atoms. The summed E-state index contributed by atoms with van der Waals surface area (Å²) in [6.07, 6.45) is 1.76. The normalized spacial score (nSPS) is 20.9. The van der Waals surface area contributed by atoms with E-state index in [1.165, 1.54) is 6.07 Å². The molecule has 0 unspecified atom stereocenters. The molecule has 0 aliphatic carbocycles. The maximum absolute atomic E-state index is 11.5. The maximum Gasteiger partial charge on any atom is 0.280 e. The predicted molar refractivity (Wildman–Crippen MR) is 130 cm³/mol. The minimum atomic E-state index is -0.394. The zero-order chi connectivity index (χ0) is 23.5. The number of hydrogen-bond acceptors (Lipinski definition) is 7. The van der Waals surface area contributed by atoms with Crippen molar-refractivity contribution in [1.82, 2.24) is 20.1 Å². The predicted octanol–water partition coefficient (Wildman–Crippen LogP) is 3.55. The van der Waals surface area contributed by atoms with E-state index < -0.39 is 4.92 Å². The molecule has 2 aromatic heterocycles. The average molecular weight is 480 g/mol. The summed E-state index contributed by atoms with van der Waals surface area (Å²) in [7, 11) is 0. The summed E-state index contributed by atoms with van der Waals surface area (Å²) in [5.41, 5.74) is 1.31. The zero-order valence-electron chi connectivity index (χ0n) is 18.5. The van der Waals surface area contributed by atoms with Gasteiger partial charge in [-0.2, -0.15) is 0 Å². The Balaban J connectivity index is 1.47. The van der Waals surface area contributed by atoms with Crippen molar-refractivity contribution in [2.24, 2.45) is 0 Å². The second kappa shape index (κ2) is 9.88. The lowest BCUT2D eigenvalue weighted by atomic mass is 10.0. The third-order valence-corrected chi connectivity index (χ3v) is 6.60. The van der Waals surface area contributed by atoms with Crippen LogP contribution in [-0.2, 0) is 4.74 Å². The van der Waals surface area contributed by atoms with Gasteiger partial charge in [0.15, 0.2) is 5.11 Å². The molecule has 4 heterocycles. The van der Waals surface area contributed by atoms with Crippen molar-refractivity contribution in [3.05, 3.63) is 82.4 Å². The lowest BCUT2D eigenvalue weighted by molar-refractivity contribution is -0.384. The minimum Gasteiger partial charge on any atom is -0.459 e. The van der Waals surface area contributed by atoms with Crippen LogP contribution in [0.3, 0.4) is 0 Å². The number of furan rings is 1. The van der Waals surface area contributed by atoms with E-state index >= 15 is 0 Å². The van der Waals surface area contributed by atoms with E-state index in [0.29, 0.717) is 28.7 Å². The fourth-order valence-corrected chi connectivity index (χ4v) is 4.86. The summed E-state index contributed by atoms with van der Waals surface area (Å²) in [5.74, 6) is 1.13. The van der Waals surface area contributed by atoms with Gasteiger partial charge in [-0.1, -0.05) is 18.2 Å². The molecule has 176 valence electrons. The number of aromatic nitrogens is 1. The molecule has 2 saturated heterocycles. The molecule has 1 N–H and O–H groups in total. The highest BCUT2D eigenvalue weighted by atomic mass is 32.1. The standard InChI is InChI=1S/C24H25N5O4S/c30-29(31)19-7-2-1-5-17(19)20-8-9-21(33-20)23-22(18-6-3-4-10-25-18)26-24(34)28(23)12-11-27-13-15-32-16-14-27/h1-10,22-23H,11-16H2,(H,26,34)/t22-,23-/m0/s1. The van der Waals surface area contributed by atoms with E-state index in [-0.39, 0.29) is 17.8 Å². The van der Waals surface area contributed by atoms with Gasteiger partial charge in [-0.15, -0.1) is 0 Å². The zero-order valence-corrected chi connectivity index (χ0v) is 19.3. The molecule has 2 atom stereocenters. The van der Waals surface area contributed by atoms with Gasteiger partial charge in [-0.05, 0) is 42.5 Å². The topological polar surface area (TPSA) is 96.9 Å². The molecular weight excluding hydrogens is 454 g/mol. The Morgan fingerprint density at radius 1 is 1.09 bits per heavy atom. The first-order chi connectivity index (χ1) is 16.6. The second-order valence-electron chi connectivity index (χ2n) is 8.25. The van der Waals surface area contributed by atoms with Crippen molar-refractivity contribution in [2.45, 2.75) is 12.1 Å². The Bertz CT molecular complexity index is 1160. The monoisotopic (exact) mass is 479 g/mol. The van der Waals surface area contributed by atoms with E-state index in [4.69, 9.17) is 21.4 Å². The first kappa shape index (κ1) is 22.5. The van der Waals surface area contributed by atoms with E-state index in [0.717, 1.165) is 38.5 Å². The van der Waals surface area contributed by atoms with Gasteiger partial charge in [-0.3, -0.25) is 20.0 Å². The molecule has 2 fully saturated rings. The number of nitro groups is 1. The highest BCUT2D eigenvalue weighted by molar-refractivity contribution is 7.80.